The molecular formula is C8H6ClN5O4S. The van der Waals surface area contributed by atoms with E-state index in [-0.39, 0.29) is 9.92 Å². The Labute approximate surface area is 112 Å². The Morgan fingerprint density at radius 3 is 2.68 bits per heavy atom. The van der Waals surface area contributed by atoms with Crippen LogP contribution < -0.4 is 11.1 Å². The number of nitrogens with zero attached hydrogens (tertiary/aromatic N) is 3. The molecule has 1 aromatic carbocycles. The van der Waals surface area contributed by atoms with Gasteiger partial charge in [-0.15, -0.1) is 4.40 Å². The van der Waals surface area contributed by atoms with E-state index in [1.54, 1.807) is 0 Å². The van der Waals surface area contributed by atoms with Gasteiger partial charge in [0.05, 0.1) is 9.82 Å². The molecule has 9 nitrogen and oxygen atoms in total. The maximum absolute atomic E-state index is 11.7. The summed E-state index contributed by atoms with van der Waals surface area (Å²) in [5.41, 5.74) is 4.68. The first kappa shape index (κ1) is 14.7. The van der Waals surface area contributed by atoms with Gasteiger partial charge in [0.1, 0.15) is 5.02 Å². The average Bonchev–Trinajstić information content (AvgIpc) is 2.27. The predicted molar refractivity (Wildman–Crippen MR) is 65.7 cm³/mol. The van der Waals surface area contributed by atoms with Crippen LogP contribution in [0.15, 0.2) is 27.5 Å². The Kier molecular flexibility index (Phi) is 4.26. The fourth-order valence-corrected chi connectivity index (χ4v) is 2.29. The SMILES string of the molecule is N#CN/C(N)=N/S(=O)(=O)c1ccc([N+](=O)[O-])c(Cl)c1. The number of halogens is 1. The summed E-state index contributed by atoms with van der Waals surface area (Å²) in [6.45, 7) is 0. The first-order chi connectivity index (χ1) is 8.77. The Bertz CT molecular complexity index is 694. The average molecular weight is 304 g/mol. The minimum atomic E-state index is -4.20. The van der Waals surface area contributed by atoms with Gasteiger partial charge >= 0.3 is 0 Å². The molecular weight excluding hydrogens is 298 g/mol. The van der Waals surface area contributed by atoms with E-state index in [1.165, 1.54) is 6.19 Å². The Balaban J connectivity index is 3.25. The lowest BCUT2D eigenvalue weighted by molar-refractivity contribution is -0.384. The predicted octanol–water partition coefficient (Wildman–Crippen LogP) is 0.322. The number of nitrogens with one attached hydrogen (secondary N) is 1. The van der Waals surface area contributed by atoms with Crippen LogP contribution in [0.4, 0.5) is 5.69 Å². The number of rotatable bonds is 3. The van der Waals surface area contributed by atoms with Crippen LogP contribution in [0.25, 0.3) is 0 Å². The van der Waals surface area contributed by atoms with Crippen molar-refractivity contribution in [2.75, 3.05) is 0 Å². The number of hydrogen-bond donors (Lipinski definition) is 2. The third-order valence-corrected chi connectivity index (χ3v) is 3.41. The quantitative estimate of drug-likeness (QED) is 0.204. The first-order valence-corrected chi connectivity index (χ1v) is 6.29. The minimum Gasteiger partial charge on any atom is -0.368 e. The highest BCUT2D eigenvalue weighted by Crippen LogP contribution is 2.27. The lowest BCUT2D eigenvalue weighted by Crippen LogP contribution is -2.28. The fraction of sp³-hybridized carbons (Fsp3) is 0. The van der Waals surface area contributed by atoms with Gasteiger partial charge in [-0.2, -0.15) is 13.7 Å². The number of nitro benzene ring substituents is 1. The molecule has 0 bridgehead atoms. The molecule has 0 saturated heterocycles. The molecule has 0 aliphatic carbocycles. The van der Waals surface area contributed by atoms with Crippen LogP contribution >= 0.6 is 11.6 Å². The van der Waals surface area contributed by atoms with E-state index in [4.69, 9.17) is 22.6 Å². The van der Waals surface area contributed by atoms with Crippen LogP contribution in [0, 0.1) is 21.6 Å². The van der Waals surface area contributed by atoms with Crippen molar-refractivity contribution in [3.63, 3.8) is 0 Å². The number of hydrogen-bond acceptors (Lipinski definition) is 5. The second-order valence-corrected chi connectivity index (χ2v) is 5.07. The number of nitro groups is 1. The first-order valence-electron chi connectivity index (χ1n) is 4.47. The number of benzene rings is 1. The highest BCUT2D eigenvalue weighted by molar-refractivity contribution is 7.90. The lowest BCUT2D eigenvalue weighted by atomic mass is 10.3. The molecule has 3 N–H and O–H groups in total. The smallest absolute Gasteiger partial charge is 0.287 e. The molecule has 0 radical (unpaired) electrons. The number of guanidine groups is 1. The Morgan fingerprint density at radius 2 is 2.21 bits per heavy atom. The van der Waals surface area contributed by atoms with E-state index in [2.05, 4.69) is 4.40 Å². The molecule has 0 amide bonds. The van der Waals surface area contributed by atoms with Gasteiger partial charge in [0.15, 0.2) is 6.19 Å². The van der Waals surface area contributed by atoms with Crippen LogP contribution in [-0.4, -0.2) is 19.3 Å². The van der Waals surface area contributed by atoms with Gasteiger partial charge in [-0.05, 0) is 12.1 Å². The summed E-state index contributed by atoms with van der Waals surface area (Å²) in [5.74, 6) is -0.628. The Morgan fingerprint density at radius 1 is 1.58 bits per heavy atom. The van der Waals surface area contributed by atoms with Gasteiger partial charge in [0.25, 0.3) is 15.7 Å². The van der Waals surface area contributed by atoms with Gasteiger partial charge in [-0.25, -0.2) is 0 Å². The molecule has 11 heteroatoms. The molecule has 100 valence electrons. The van der Waals surface area contributed by atoms with Crippen molar-refractivity contribution >= 4 is 33.3 Å². The summed E-state index contributed by atoms with van der Waals surface area (Å²) < 4.78 is 26.5. The summed E-state index contributed by atoms with van der Waals surface area (Å²) >= 11 is 5.57. The molecule has 0 aliphatic rings. The van der Waals surface area contributed by atoms with E-state index in [0.29, 0.717) is 0 Å². The van der Waals surface area contributed by atoms with E-state index >= 15 is 0 Å². The maximum atomic E-state index is 11.7. The van der Waals surface area contributed by atoms with E-state index < -0.39 is 26.6 Å². The molecule has 1 aromatic rings. The highest BCUT2D eigenvalue weighted by atomic mass is 35.5. The van der Waals surface area contributed by atoms with E-state index in [9.17, 15) is 18.5 Å². The van der Waals surface area contributed by atoms with Crippen LogP contribution in [0.1, 0.15) is 0 Å². The van der Waals surface area contributed by atoms with Crippen molar-refractivity contribution in [1.29, 1.82) is 5.26 Å². The maximum Gasteiger partial charge on any atom is 0.287 e. The molecule has 0 unspecified atom stereocenters. The molecule has 0 aromatic heterocycles. The van der Waals surface area contributed by atoms with Crippen LogP contribution in [-0.2, 0) is 10.0 Å². The molecule has 0 aliphatic heterocycles. The van der Waals surface area contributed by atoms with Crippen molar-refractivity contribution in [2.24, 2.45) is 10.1 Å². The van der Waals surface area contributed by atoms with Crippen molar-refractivity contribution in [1.82, 2.24) is 5.32 Å². The van der Waals surface area contributed by atoms with Gasteiger partial charge in [0, 0.05) is 6.07 Å². The number of nitriles is 1. The molecule has 19 heavy (non-hydrogen) atoms. The summed E-state index contributed by atoms with van der Waals surface area (Å²) in [6, 6.07) is 2.76. The van der Waals surface area contributed by atoms with Gasteiger partial charge < -0.3 is 5.73 Å². The molecule has 0 saturated carbocycles. The molecule has 1 rings (SSSR count). The van der Waals surface area contributed by atoms with Gasteiger partial charge in [-0.3, -0.25) is 15.4 Å². The van der Waals surface area contributed by atoms with Crippen molar-refractivity contribution in [3.8, 4) is 6.19 Å². The fourth-order valence-electron chi connectivity index (χ4n) is 1.06. The third kappa shape index (κ3) is 3.54. The second kappa shape index (κ2) is 5.51. The minimum absolute atomic E-state index is 0.354. The summed E-state index contributed by atoms with van der Waals surface area (Å²) in [6.07, 6.45) is 1.39. The molecule has 0 atom stereocenters. The van der Waals surface area contributed by atoms with Gasteiger partial charge in [0.2, 0.25) is 5.96 Å². The van der Waals surface area contributed by atoms with Crippen molar-refractivity contribution in [2.45, 2.75) is 4.90 Å². The lowest BCUT2D eigenvalue weighted by Gasteiger charge is -2.01. The summed E-state index contributed by atoms with van der Waals surface area (Å²) in [7, 11) is -4.20. The van der Waals surface area contributed by atoms with Gasteiger partial charge in [-0.1, -0.05) is 11.6 Å². The van der Waals surface area contributed by atoms with E-state index in [0.717, 1.165) is 18.2 Å². The number of sulfonamides is 1. The normalized spacial score (nSPS) is 11.7. The summed E-state index contributed by atoms with van der Waals surface area (Å²) in [5, 5.41) is 20.2. The third-order valence-electron chi connectivity index (χ3n) is 1.82. The largest absolute Gasteiger partial charge is 0.368 e. The zero-order chi connectivity index (χ0) is 14.6. The van der Waals surface area contributed by atoms with Crippen molar-refractivity contribution in [3.05, 3.63) is 33.3 Å². The van der Waals surface area contributed by atoms with E-state index in [1.807, 2.05) is 5.32 Å². The van der Waals surface area contributed by atoms with Crippen LogP contribution in [0.3, 0.4) is 0 Å². The molecule has 0 heterocycles. The summed E-state index contributed by atoms with van der Waals surface area (Å²) in [4.78, 5) is 9.38. The standard InChI is InChI=1S/C8H6ClN5O4S/c9-6-3-5(1-2-7(6)14(15)16)19(17,18)13-8(11)12-4-10/h1-3H,(H3,11,12,13). The highest BCUT2D eigenvalue weighted by Gasteiger charge is 2.19. The zero-order valence-electron chi connectivity index (χ0n) is 9.07. The number of nitrogens with two attached hydrogens (primary N) is 1. The monoisotopic (exact) mass is 303 g/mol. The topological polar surface area (TPSA) is 151 Å². The second-order valence-electron chi connectivity index (χ2n) is 3.06. The zero-order valence-corrected chi connectivity index (χ0v) is 10.6. The molecule has 0 spiro atoms. The van der Waals surface area contributed by atoms with Crippen LogP contribution in [0.5, 0.6) is 0 Å². The van der Waals surface area contributed by atoms with Crippen LogP contribution in [0.2, 0.25) is 5.02 Å². The molecule has 0 fully saturated rings. The Hall–Kier alpha value is -2.38. The van der Waals surface area contributed by atoms with Crippen molar-refractivity contribution < 1.29 is 13.3 Å².